The van der Waals surface area contributed by atoms with Gasteiger partial charge in [0, 0.05) is 31.2 Å². The molecule has 0 saturated carbocycles. The quantitative estimate of drug-likeness (QED) is 0.729. The molecule has 1 saturated heterocycles. The minimum atomic E-state index is -0.183. The van der Waals surface area contributed by atoms with Gasteiger partial charge >= 0.3 is 0 Å². The van der Waals surface area contributed by atoms with Gasteiger partial charge in [-0.25, -0.2) is 9.97 Å². The molecule has 1 N–H and O–H groups in total. The van der Waals surface area contributed by atoms with Gasteiger partial charge in [0.15, 0.2) is 0 Å². The second kappa shape index (κ2) is 8.12. The average molecular weight is 397 g/mol. The zero-order valence-corrected chi connectivity index (χ0v) is 16.3. The first-order valence-electron chi connectivity index (χ1n) is 9.30. The van der Waals surface area contributed by atoms with Crippen molar-refractivity contribution < 1.29 is 9.53 Å². The number of piperazine rings is 1. The number of rotatable bonds is 4. The maximum absolute atomic E-state index is 12.7. The summed E-state index contributed by atoms with van der Waals surface area (Å²) in [5, 5.41) is 3.89. The Morgan fingerprint density at radius 3 is 2.64 bits per heavy atom. The second-order valence-electron chi connectivity index (χ2n) is 6.81. The molecule has 1 atom stereocenters. The summed E-state index contributed by atoms with van der Waals surface area (Å²) in [5.74, 6) is 1.03. The molecular formula is C21H21ClN4O2. The van der Waals surface area contributed by atoms with Gasteiger partial charge in [-0.3, -0.25) is 4.79 Å². The molecule has 0 bridgehead atoms. The van der Waals surface area contributed by atoms with Crippen LogP contribution in [0.4, 0.5) is 0 Å². The van der Waals surface area contributed by atoms with Crippen molar-refractivity contribution in [3.8, 4) is 11.6 Å². The molecule has 1 unspecified atom stereocenters. The number of nitrogens with zero attached hydrogens (tertiary/aromatic N) is 3. The van der Waals surface area contributed by atoms with E-state index in [0.717, 1.165) is 37.3 Å². The maximum atomic E-state index is 12.7. The highest BCUT2D eigenvalue weighted by Gasteiger charge is 2.23. The Morgan fingerprint density at radius 1 is 1.14 bits per heavy atom. The summed E-state index contributed by atoms with van der Waals surface area (Å²) in [6.07, 6.45) is 1.57. The van der Waals surface area contributed by atoms with E-state index >= 15 is 0 Å². The van der Waals surface area contributed by atoms with Crippen LogP contribution >= 0.6 is 11.6 Å². The number of aromatic nitrogens is 2. The molecule has 0 aliphatic carbocycles. The van der Waals surface area contributed by atoms with Gasteiger partial charge in [-0.2, -0.15) is 0 Å². The van der Waals surface area contributed by atoms with Crippen molar-refractivity contribution in [1.82, 2.24) is 20.2 Å². The van der Waals surface area contributed by atoms with Crippen molar-refractivity contribution in [2.75, 3.05) is 26.2 Å². The third-order valence-electron chi connectivity index (χ3n) is 4.88. The molecule has 2 aromatic carbocycles. The Bertz CT molecular complexity index is 987. The number of hydrogen-bond acceptors (Lipinski definition) is 5. The van der Waals surface area contributed by atoms with E-state index in [1.807, 2.05) is 42.2 Å². The molecule has 0 radical (unpaired) electrons. The Labute approximate surface area is 168 Å². The number of fused-ring (bicyclic) bond motifs is 1. The number of carbonyl (C=O) groups excluding carboxylic acids is 1. The lowest BCUT2D eigenvalue weighted by atomic mass is 9.99. The highest BCUT2D eigenvalue weighted by atomic mass is 35.5. The van der Waals surface area contributed by atoms with E-state index in [1.54, 1.807) is 18.3 Å². The summed E-state index contributed by atoms with van der Waals surface area (Å²) >= 11 is 5.97. The molecule has 1 amide bonds. The number of benzene rings is 2. The first-order valence-corrected chi connectivity index (χ1v) is 9.67. The molecular weight excluding hydrogens is 376 g/mol. The van der Waals surface area contributed by atoms with Crippen molar-refractivity contribution in [2.45, 2.75) is 12.8 Å². The minimum Gasteiger partial charge on any atom is -0.437 e. The molecule has 7 heteroatoms. The fourth-order valence-corrected chi connectivity index (χ4v) is 3.43. The summed E-state index contributed by atoms with van der Waals surface area (Å²) in [7, 11) is 0. The van der Waals surface area contributed by atoms with E-state index in [-0.39, 0.29) is 11.8 Å². The summed E-state index contributed by atoms with van der Waals surface area (Å²) < 4.78 is 5.82. The molecule has 1 aliphatic rings. The zero-order chi connectivity index (χ0) is 19.5. The molecule has 3 aromatic rings. The van der Waals surface area contributed by atoms with Gasteiger partial charge < -0.3 is 15.0 Å². The van der Waals surface area contributed by atoms with Crippen molar-refractivity contribution >= 4 is 28.5 Å². The van der Waals surface area contributed by atoms with Crippen LogP contribution in [0.5, 0.6) is 11.6 Å². The van der Waals surface area contributed by atoms with E-state index in [0.29, 0.717) is 22.2 Å². The lowest BCUT2D eigenvalue weighted by Gasteiger charge is -2.30. The molecule has 0 spiro atoms. The van der Waals surface area contributed by atoms with Gasteiger partial charge in [0.1, 0.15) is 5.75 Å². The normalized spacial score (nSPS) is 15.4. The first kappa shape index (κ1) is 18.7. The molecule has 6 nitrogen and oxygen atoms in total. The lowest BCUT2D eigenvalue weighted by molar-refractivity contribution is -0.133. The molecule has 1 fully saturated rings. The standard InChI is InChI=1S/C21H21ClN4O2/c1-14(21(27)26-10-8-23-9-11-26)15-2-5-17(6-3-15)28-20-13-24-19-12-16(22)4-7-18(19)25-20/h2-7,12-14,23H,8-11H2,1H3. The second-order valence-corrected chi connectivity index (χ2v) is 7.25. The smallest absolute Gasteiger partial charge is 0.238 e. The van der Waals surface area contributed by atoms with E-state index in [2.05, 4.69) is 15.3 Å². The molecule has 2 heterocycles. The topological polar surface area (TPSA) is 67.4 Å². The van der Waals surface area contributed by atoms with Crippen LogP contribution in [0.25, 0.3) is 11.0 Å². The summed E-state index contributed by atoms with van der Waals surface area (Å²) in [6, 6.07) is 12.9. The first-order chi connectivity index (χ1) is 13.6. The number of hydrogen-bond donors (Lipinski definition) is 1. The predicted molar refractivity (Wildman–Crippen MR) is 109 cm³/mol. The van der Waals surface area contributed by atoms with Crippen molar-refractivity contribution in [3.05, 3.63) is 59.2 Å². The van der Waals surface area contributed by atoms with Crippen LogP contribution in [0.2, 0.25) is 5.02 Å². The van der Waals surface area contributed by atoms with Crippen LogP contribution in [0.3, 0.4) is 0 Å². The van der Waals surface area contributed by atoms with Crippen LogP contribution in [0, 0.1) is 0 Å². The van der Waals surface area contributed by atoms with Crippen LogP contribution in [-0.2, 0) is 4.79 Å². The summed E-state index contributed by atoms with van der Waals surface area (Å²) in [5.41, 5.74) is 2.40. The number of amides is 1. The van der Waals surface area contributed by atoms with E-state index in [1.165, 1.54) is 0 Å². The van der Waals surface area contributed by atoms with Crippen molar-refractivity contribution in [3.63, 3.8) is 0 Å². The van der Waals surface area contributed by atoms with E-state index in [9.17, 15) is 4.79 Å². The molecule has 28 heavy (non-hydrogen) atoms. The molecule has 1 aromatic heterocycles. The Hall–Kier alpha value is -2.70. The van der Waals surface area contributed by atoms with Crippen LogP contribution in [0.1, 0.15) is 18.4 Å². The Balaban J connectivity index is 1.45. The molecule has 144 valence electrons. The summed E-state index contributed by atoms with van der Waals surface area (Å²) in [4.78, 5) is 23.4. The third-order valence-corrected chi connectivity index (χ3v) is 5.12. The van der Waals surface area contributed by atoms with Crippen LogP contribution in [-0.4, -0.2) is 47.0 Å². The number of carbonyl (C=O) groups is 1. The number of nitrogens with one attached hydrogen (secondary N) is 1. The van der Waals surface area contributed by atoms with Crippen LogP contribution < -0.4 is 10.1 Å². The number of ether oxygens (including phenoxy) is 1. The van der Waals surface area contributed by atoms with Gasteiger partial charge in [0.2, 0.25) is 11.8 Å². The van der Waals surface area contributed by atoms with Gasteiger partial charge in [-0.15, -0.1) is 0 Å². The van der Waals surface area contributed by atoms with E-state index < -0.39 is 0 Å². The Kier molecular flexibility index (Phi) is 5.41. The summed E-state index contributed by atoms with van der Waals surface area (Å²) in [6.45, 7) is 5.17. The van der Waals surface area contributed by atoms with Crippen LogP contribution in [0.15, 0.2) is 48.7 Å². The monoisotopic (exact) mass is 396 g/mol. The SMILES string of the molecule is CC(C(=O)N1CCNCC1)c1ccc(Oc2cnc3cc(Cl)ccc3n2)cc1. The van der Waals surface area contributed by atoms with Gasteiger partial charge in [0.25, 0.3) is 0 Å². The fraction of sp³-hybridized carbons (Fsp3) is 0.286. The lowest BCUT2D eigenvalue weighted by Crippen LogP contribution is -2.47. The molecule has 1 aliphatic heterocycles. The third kappa shape index (κ3) is 4.08. The van der Waals surface area contributed by atoms with Gasteiger partial charge in [0.05, 0.1) is 23.1 Å². The minimum absolute atomic E-state index is 0.161. The zero-order valence-electron chi connectivity index (χ0n) is 15.6. The van der Waals surface area contributed by atoms with Crippen molar-refractivity contribution in [1.29, 1.82) is 0 Å². The van der Waals surface area contributed by atoms with E-state index in [4.69, 9.17) is 16.3 Å². The molecule has 4 rings (SSSR count). The maximum Gasteiger partial charge on any atom is 0.238 e. The van der Waals surface area contributed by atoms with Gasteiger partial charge in [-0.05, 0) is 42.8 Å². The number of halogens is 1. The highest BCUT2D eigenvalue weighted by Crippen LogP contribution is 2.25. The fourth-order valence-electron chi connectivity index (χ4n) is 3.26. The van der Waals surface area contributed by atoms with Gasteiger partial charge in [-0.1, -0.05) is 23.7 Å². The predicted octanol–water partition coefficient (Wildman–Crippen LogP) is 3.61. The largest absolute Gasteiger partial charge is 0.437 e. The highest BCUT2D eigenvalue weighted by molar-refractivity contribution is 6.31. The Morgan fingerprint density at radius 2 is 1.89 bits per heavy atom. The van der Waals surface area contributed by atoms with Crippen molar-refractivity contribution in [2.24, 2.45) is 0 Å². The average Bonchev–Trinajstić information content (AvgIpc) is 2.74.